The van der Waals surface area contributed by atoms with Crippen molar-refractivity contribution >= 4 is 38.8 Å². The van der Waals surface area contributed by atoms with Crippen molar-refractivity contribution in [3.8, 4) is 22.8 Å². The van der Waals surface area contributed by atoms with Crippen LogP contribution in [0.25, 0.3) is 22.8 Å². The minimum atomic E-state index is -0.332. The van der Waals surface area contributed by atoms with Gasteiger partial charge in [-0.25, -0.2) is 15.0 Å². The summed E-state index contributed by atoms with van der Waals surface area (Å²) in [5.41, 5.74) is 8.65. The highest BCUT2D eigenvalue weighted by atomic mass is 32.1. The number of rotatable bonds is 4. The van der Waals surface area contributed by atoms with Gasteiger partial charge < -0.3 is 5.73 Å². The summed E-state index contributed by atoms with van der Waals surface area (Å²) >= 11 is 2.66. The second-order valence-corrected chi connectivity index (χ2v) is 6.93. The lowest BCUT2D eigenvalue weighted by Crippen LogP contribution is -2.13. The standard InChI is InChI=1S/C17H12N6OS2/c18-16-21-13(8-25-16)14-9-26-17(22-14)23-15(24)12-6-3-5-11(20-12)10-4-1-2-7-19-10/h1-9H,(H2,18,21)(H,22,23,24). The first-order chi connectivity index (χ1) is 12.7. The van der Waals surface area contributed by atoms with Crippen LogP contribution in [-0.4, -0.2) is 25.8 Å². The molecule has 0 aliphatic heterocycles. The number of thiazole rings is 2. The first kappa shape index (κ1) is 16.3. The number of nitrogen functional groups attached to an aromatic ring is 1. The Morgan fingerprint density at radius 2 is 1.69 bits per heavy atom. The van der Waals surface area contributed by atoms with E-state index in [1.54, 1.807) is 18.3 Å². The lowest BCUT2D eigenvalue weighted by molar-refractivity contribution is 0.102. The number of aromatic nitrogens is 4. The predicted octanol–water partition coefficient (Wildman–Crippen LogP) is 3.56. The Labute approximate surface area is 156 Å². The van der Waals surface area contributed by atoms with Gasteiger partial charge in [-0.15, -0.1) is 22.7 Å². The molecule has 4 aromatic rings. The summed E-state index contributed by atoms with van der Waals surface area (Å²) in [6.45, 7) is 0. The zero-order valence-electron chi connectivity index (χ0n) is 13.3. The lowest BCUT2D eigenvalue weighted by atomic mass is 10.2. The summed E-state index contributed by atoms with van der Waals surface area (Å²) in [4.78, 5) is 29.7. The third-order valence-electron chi connectivity index (χ3n) is 3.42. The molecule has 0 aliphatic rings. The molecule has 1 amide bonds. The van der Waals surface area contributed by atoms with Gasteiger partial charge in [0.1, 0.15) is 17.1 Å². The normalized spacial score (nSPS) is 10.6. The molecule has 9 heteroatoms. The predicted molar refractivity (Wildman–Crippen MR) is 103 cm³/mol. The molecule has 0 atom stereocenters. The summed E-state index contributed by atoms with van der Waals surface area (Å²) in [5, 5.41) is 7.37. The van der Waals surface area contributed by atoms with E-state index in [9.17, 15) is 4.79 Å². The highest BCUT2D eigenvalue weighted by molar-refractivity contribution is 7.14. The Bertz CT molecular complexity index is 1060. The van der Waals surface area contributed by atoms with Crippen molar-refractivity contribution in [3.05, 3.63) is 59.0 Å². The summed E-state index contributed by atoms with van der Waals surface area (Å²) in [6, 6.07) is 10.8. The smallest absolute Gasteiger partial charge is 0.276 e. The second-order valence-electron chi connectivity index (χ2n) is 5.19. The number of anilines is 2. The SMILES string of the molecule is Nc1nc(-c2csc(NC(=O)c3cccc(-c4ccccn4)n3)n2)cs1. The number of pyridine rings is 2. The van der Waals surface area contributed by atoms with Crippen LogP contribution in [0.3, 0.4) is 0 Å². The van der Waals surface area contributed by atoms with Crippen LogP contribution >= 0.6 is 22.7 Å². The van der Waals surface area contributed by atoms with Gasteiger partial charge >= 0.3 is 0 Å². The third-order valence-corrected chi connectivity index (χ3v) is 4.85. The van der Waals surface area contributed by atoms with Crippen LogP contribution in [0.5, 0.6) is 0 Å². The molecule has 7 nitrogen and oxygen atoms in total. The van der Waals surface area contributed by atoms with Gasteiger partial charge in [0.25, 0.3) is 5.91 Å². The minimum Gasteiger partial charge on any atom is -0.375 e. The monoisotopic (exact) mass is 380 g/mol. The molecular formula is C17H12N6OS2. The number of nitrogens with two attached hydrogens (primary N) is 1. The quantitative estimate of drug-likeness (QED) is 0.561. The number of carbonyl (C=O) groups excluding carboxylic acids is 1. The summed E-state index contributed by atoms with van der Waals surface area (Å²) < 4.78 is 0. The van der Waals surface area contributed by atoms with Crippen molar-refractivity contribution in [1.82, 2.24) is 19.9 Å². The van der Waals surface area contributed by atoms with Crippen molar-refractivity contribution in [2.24, 2.45) is 0 Å². The van der Waals surface area contributed by atoms with Crippen LogP contribution in [0.1, 0.15) is 10.5 Å². The first-order valence-electron chi connectivity index (χ1n) is 7.56. The molecule has 4 aromatic heterocycles. The molecule has 0 aliphatic carbocycles. The van der Waals surface area contributed by atoms with E-state index in [1.165, 1.54) is 22.7 Å². The molecule has 128 valence electrons. The van der Waals surface area contributed by atoms with E-state index in [4.69, 9.17) is 5.73 Å². The van der Waals surface area contributed by atoms with Gasteiger partial charge in [0.15, 0.2) is 10.3 Å². The Morgan fingerprint density at radius 3 is 2.46 bits per heavy atom. The highest BCUT2D eigenvalue weighted by Crippen LogP contribution is 2.27. The van der Waals surface area contributed by atoms with E-state index in [0.717, 1.165) is 0 Å². The molecule has 4 rings (SSSR count). The van der Waals surface area contributed by atoms with Crippen molar-refractivity contribution < 1.29 is 4.79 Å². The summed E-state index contributed by atoms with van der Waals surface area (Å²) in [7, 11) is 0. The van der Waals surface area contributed by atoms with Crippen molar-refractivity contribution in [2.45, 2.75) is 0 Å². The van der Waals surface area contributed by atoms with E-state index < -0.39 is 0 Å². The molecular weight excluding hydrogens is 368 g/mol. The first-order valence-corrected chi connectivity index (χ1v) is 9.32. The van der Waals surface area contributed by atoms with Crippen molar-refractivity contribution in [2.75, 3.05) is 11.1 Å². The maximum absolute atomic E-state index is 12.5. The van der Waals surface area contributed by atoms with Crippen LogP contribution in [0, 0.1) is 0 Å². The second kappa shape index (κ2) is 6.98. The molecule has 0 fully saturated rings. The summed E-state index contributed by atoms with van der Waals surface area (Å²) in [6.07, 6.45) is 1.69. The Kier molecular flexibility index (Phi) is 4.38. The van der Waals surface area contributed by atoms with E-state index >= 15 is 0 Å². The van der Waals surface area contributed by atoms with E-state index in [1.807, 2.05) is 35.0 Å². The Balaban J connectivity index is 1.53. The van der Waals surface area contributed by atoms with Crippen LogP contribution < -0.4 is 11.1 Å². The number of nitrogens with zero attached hydrogens (tertiary/aromatic N) is 4. The molecule has 0 spiro atoms. The van der Waals surface area contributed by atoms with Crippen LogP contribution in [0.15, 0.2) is 53.4 Å². The number of nitrogens with one attached hydrogen (secondary N) is 1. The fourth-order valence-electron chi connectivity index (χ4n) is 2.23. The van der Waals surface area contributed by atoms with Gasteiger partial charge in [0.05, 0.1) is 11.4 Å². The number of hydrogen-bond acceptors (Lipinski definition) is 8. The van der Waals surface area contributed by atoms with Gasteiger partial charge in [0, 0.05) is 17.0 Å². The topological polar surface area (TPSA) is 107 Å². The van der Waals surface area contributed by atoms with Crippen LogP contribution in [0.4, 0.5) is 10.3 Å². The average Bonchev–Trinajstić information content (AvgIpc) is 3.31. The summed E-state index contributed by atoms with van der Waals surface area (Å²) in [5.74, 6) is -0.332. The lowest BCUT2D eigenvalue weighted by Gasteiger charge is -2.04. The number of hydrogen-bond donors (Lipinski definition) is 2. The van der Waals surface area contributed by atoms with Gasteiger partial charge in [0.2, 0.25) is 0 Å². The van der Waals surface area contributed by atoms with Gasteiger partial charge in [-0.2, -0.15) is 0 Å². The van der Waals surface area contributed by atoms with Crippen molar-refractivity contribution in [1.29, 1.82) is 0 Å². The van der Waals surface area contributed by atoms with E-state index in [2.05, 4.69) is 25.3 Å². The molecule has 0 unspecified atom stereocenters. The highest BCUT2D eigenvalue weighted by Gasteiger charge is 2.13. The number of carbonyl (C=O) groups is 1. The molecule has 0 saturated heterocycles. The zero-order chi connectivity index (χ0) is 17.9. The van der Waals surface area contributed by atoms with Gasteiger partial charge in [-0.3, -0.25) is 15.1 Å². The maximum Gasteiger partial charge on any atom is 0.276 e. The van der Waals surface area contributed by atoms with Crippen molar-refractivity contribution in [3.63, 3.8) is 0 Å². The van der Waals surface area contributed by atoms with Gasteiger partial charge in [-0.1, -0.05) is 12.1 Å². The minimum absolute atomic E-state index is 0.294. The number of amides is 1. The average molecular weight is 380 g/mol. The van der Waals surface area contributed by atoms with Gasteiger partial charge in [-0.05, 0) is 24.3 Å². The molecule has 4 heterocycles. The molecule has 0 saturated carbocycles. The molecule has 0 radical (unpaired) electrons. The largest absolute Gasteiger partial charge is 0.375 e. The van der Waals surface area contributed by atoms with E-state index in [0.29, 0.717) is 38.7 Å². The van der Waals surface area contributed by atoms with E-state index in [-0.39, 0.29) is 5.91 Å². The fraction of sp³-hybridized carbons (Fsp3) is 0. The van der Waals surface area contributed by atoms with Crippen LogP contribution in [0.2, 0.25) is 0 Å². The fourth-order valence-corrected chi connectivity index (χ4v) is 3.49. The van der Waals surface area contributed by atoms with Crippen LogP contribution in [-0.2, 0) is 0 Å². The molecule has 0 aromatic carbocycles. The Morgan fingerprint density at radius 1 is 0.885 bits per heavy atom. The third kappa shape index (κ3) is 3.44. The maximum atomic E-state index is 12.5. The molecule has 0 bridgehead atoms. The molecule has 26 heavy (non-hydrogen) atoms. The Hall–Kier alpha value is -3.17. The zero-order valence-corrected chi connectivity index (χ0v) is 14.9. The molecule has 3 N–H and O–H groups in total.